The average Bonchev–Trinajstić information content (AvgIpc) is 3.02. The minimum atomic E-state index is -0.921. The fourth-order valence-electron chi connectivity index (χ4n) is 4.14. The number of esters is 1. The molecule has 0 radical (unpaired) electrons. The van der Waals surface area contributed by atoms with Crippen LogP contribution in [0.25, 0.3) is 0 Å². The predicted octanol–water partition coefficient (Wildman–Crippen LogP) is 7.06. The number of hydrogen-bond acceptors (Lipinski definition) is 9. The van der Waals surface area contributed by atoms with Crippen molar-refractivity contribution in [3.05, 3.63) is 106 Å². The molecule has 45 heavy (non-hydrogen) atoms. The van der Waals surface area contributed by atoms with Gasteiger partial charge < -0.3 is 14.2 Å². The number of methoxy groups -OCH3 is 2. The number of nitrogens with zero attached hydrogens (tertiary/aromatic N) is 4. The van der Waals surface area contributed by atoms with Gasteiger partial charge in [-0.25, -0.2) is 14.8 Å². The number of rotatable bonds is 9. The molecule has 0 aliphatic carbocycles. The van der Waals surface area contributed by atoms with Crippen molar-refractivity contribution in [2.24, 2.45) is 0 Å². The molecule has 0 saturated heterocycles. The topological polar surface area (TPSA) is 111 Å². The molecule has 0 spiro atoms. The van der Waals surface area contributed by atoms with Gasteiger partial charge in [-0.3, -0.25) is 9.59 Å². The molecular formula is C32H30Cl2N4O6S. The molecular weight excluding hydrogens is 639 g/mol. The van der Waals surface area contributed by atoms with E-state index in [1.54, 1.807) is 75.4 Å². The highest BCUT2D eigenvalue weighted by Gasteiger charge is 2.37. The van der Waals surface area contributed by atoms with Crippen molar-refractivity contribution in [2.45, 2.75) is 36.4 Å². The Kier molecular flexibility index (Phi) is 10.9. The fourth-order valence-corrected chi connectivity index (χ4v) is 5.49. The van der Waals surface area contributed by atoms with E-state index in [0.29, 0.717) is 15.5 Å². The normalized spacial score (nSPS) is 11.0. The van der Waals surface area contributed by atoms with Gasteiger partial charge in [0.1, 0.15) is 0 Å². The Labute approximate surface area is 275 Å². The molecule has 1 aromatic heterocycles. The van der Waals surface area contributed by atoms with Crippen LogP contribution in [0.4, 0.5) is 0 Å². The third kappa shape index (κ3) is 8.24. The highest BCUT2D eigenvalue weighted by Crippen LogP contribution is 2.34. The van der Waals surface area contributed by atoms with E-state index in [2.05, 4.69) is 9.97 Å². The Morgan fingerprint density at radius 3 is 1.98 bits per heavy atom. The van der Waals surface area contributed by atoms with Gasteiger partial charge in [-0.2, -0.15) is 9.97 Å². The second-order valence-electron chi connectivity index (χ2n) is 10.4. The van der Waals surface area contributed by atoms with Gasteiger partial charge in [-0.05, 0) is 81.1 Å². The van der Waals surface area contributed by atoms with Crippen LogP contribution in [0.5, 0.6) is 11.8 Å². The van der Waals surface area contributed by atoms with E-state index in [4.69, 9.17) is 37.4 Å². The lowest BCUT2D eigenvalue weighted by Crippen LogP contribution is -2.58. The Morgan fingerprint density at radius 1 is 0.800 bits per heavy atom. The van der Waals surface area contributed by atoms with Crippen LogP contribution in [0, 0.1) is 0 Å². The number of carbonyl (C=O) groups excluding carboxylic acids is 3. The van der Waals surface area contributed by atoms with Crippen molar-refractivity contribution in [1.29, 1.82) is 0 Å². The number of carbonyl (C=O) groups is 3. The molecule has 0 fully saturated rings. The Morgan fingerprint density at radius 2 is 1.40 bits per heavy atom. The summed E-state index contributed by atoms with van der Waals surface area (Å²) in [6.07, 6.45) is 0. The molecule has 13 heteroatoms. The van der Waals surface area contributed by atoms with Gasteiger partial charge in [0.2, 0.25) is 11.8 Å². The lowest BCUT2D eigenvalue weighted by Gasteiger charge is -2.42. The largest absolute Gasteiger partial charge is 0.481 e. The van der Waals surface area contributed by atoms with Crippen molar-refractivity contribution in [1.82, 2.24) is 20.0 Å². The van der Waals surface area contributed by atoms with E-state index < -0.39 is 30.1 Å². The monoisotopic (exact) mass is 668 g/mol. The summed E-state index contributed by atoms with van der Waals surface area (Å²) >= 11 is 13.6. The van der Waals surface area contributed by atoms with Crippen LogP contribution in [0.1, 0.15) is 51.8 Å². The summed E-state index contributed by atoms with van der Waals surface area (Å²) in [5.74, 6) is -1.38. The summed E-state index contributed by atoms with van der Waals surface area (Å²) < 4.78 is 16.2. The van der Waals surface area contributed by atoms with Crippen molar-refractivity contribution >= 4 is 52.7 Å². The predicted molar refractivity (Wildman–Crippen MR) is 171 cm³/mol. The lowest BCUT2D eigenvalue weighted by molar-refractivity contribution is -0.0827. The molecule has 0 bridgehead atoms. The first-order valence-corrected chi connectivity index (χ1v) is 15.1. The summed E-state index contributed by atoms with van der Waals surface area (Å²) in [5.41, 5.74) is -0.338. The second-order valence-corrected chi connectivity index (χ2v) is 12.2. The van der Waals surface area contributed by atoms with Gasteiger partial charge in [-0.1, -0.05) is 47.5 Å². The number of amides is 2. The first-order valence-electron chi connectivity index (χ1n) is 13.5. The van der Waals surface area contributed by atoms with Gasteiger partial charge in [0.05, 0.1) is 36.4 Å². The van der Waals surface area contributed by atoms with Crippen molar-refractivity contribution in [3.63, 3.8) is 0 Å². The lowest BCUT2D eigenvalue weighted by atomic mass is 10.1. The zero-order valence-corrected chi connectivity index (χ0v) is 27.4. The SMILES string of the molecule is COc1cc(OC)nc(Sc2cccc(Cl)c2C(=O)OCN(C(=O)c2ccc(Cl)cc2)N(C(=O)c2ccccc2)C(C)(C)C)n1. The van der Waals surface area contributed by atoms with Crippen LogP contribution >= 0.6 is 35.0 Å². The van der Waals surface area contributed by atoms with Gasteiger partial charge in [0, 0.05) is 21.0 Å². The van der Waals surface area contributed by atoms with E-state index in [-0.39, 0.29) is 33.1 Å². The molecule has 4 rings (SSSR count). The van der Waals surface area contributed by atoms with Crippen LogP contribution in [-0.4, -0.2) is 64.3 Å². The van der Waals surface area contributed by atoms with E-state index in [1.165, 1.54) is 43.5 Å². The maximum Gasteiger partial charge on any atom is 0.342 e. The number of benzene rings is 3. The van der Waals surface area contributed by atoms with Gasteiger partial charge in [0.25, 0.3) is 11.8 Å². The summed E-state index contributed by atoms with van der Waals surface area (Å²) in [4.78, 5) is 50.5. The molecule has 234 valence electrons. The third-order valence-electron chi connectivity index (χ3n) is 6.19. The van der Waals surface area contributed by atoms with Crippen LogP contribution in [0.2, 0.25) is 10.0 Å². The minimum absolute atomic E-state index is 0.0186. The van der Waals surface area contributed by atoms with E-state index in [0.717, 1.165) is 16.8 Å². The number of hydrogen-bond donors (Lipinski definition) is 0. The van der Waals surface area contributed by atoms with Crippen molar-refractivity contribution in [2.75, 3.05) is 21.0 Å². The fraction of sp³-hybridized carbons (Fsp3) is 0.219. The van der Waals surface area contributed by atoms with Gasteiger partial charge in [-0.15, -0.1) is 0 Å². The highest BCUT2D eigenvalue weighted by molar-refractivity contribution is 7.99. The Bertz CT molecular complexity index is 1660. The number of aromatic nitrogens is 2. The second kappa shape index (κ2) is 14.6. The smallest absolute Gasteiger partial charge is 0.342 e. The standard InChI is InChI=1S/C32H30Cl2N4O6S/c1-32(2,3)38(29(40)20-10-7-6-8-11-20)37(28(39)21-14-16-22(33)17-15-21)19-44-30(41)27-23(34)12-9-13-24(27)45-31-35-25(42-4)18-26(36-31)43-5/h6-18H,19H2,1-5H3. The van der Waals surface area contributed by atoms with E-state index in [1.807, 2.05) is 0 Å². The molecule has 0 unspecified atom stereocenters. The first-order chi connectivity index (χ1) is 21.4. The van der Waals surface area contributed by atoms with Crippen LogP contribution in [0.15, 0.2) is 88.9 Å². The van der Waals surface area contributed by atoms with Crippen molar-refractivity contribution < 1.29 is 28.6 Å². The maximum absolute atomic E-state index is 14.0. The summed E-state index contributed by atoms with van der Waals surface area (Å²) in [5, 5.41) is 3.12. The maximum atomic E-state index is 14.0. The Hall–Kier alpha value is -4.32. The molecule has 2 amide bonds. The quantitative estimate of drug-likeness (QED) is 0.0800. The average molecular weight is 670 g/mol. The van der Waals surface area contributed by atoms with Crippen LogP contribution < -0.4 is 9.47 Å². The molecule has 1 heterocycles. The molecule has 4 aromatic rings. The minimum Gasteiger partial charge on any atom is -0.481 e. The number of halogens is 2. The molecule has 0 N–H and O–H groups in total. The summed E-state index contributed by atoms with van der Waals surface area (Å²) in [7, 11) is 2.91. The molecule has 3 aromatic carbocycles. The van der Waals surface area contributed by atoms with Gasteiger partial charge >= 0.3 is 5.97 Å². The first kappa shape index (κ1) is 33.6. The number of hydrazine groups is 1. The van der Waals surface area contributed by atoms with Crippen LogP contribution in [-0.2, 0) is 4.74 Å². The highest BCUT2D eigenvalue weighted by atomic mass is 35.5. The third-order valence-corrected chi connectivity index (χ3v) is 7.68. The van der Waals surface area contributed by atoms with E-state index >= 15 is 0 Å². The molecule has 10 nitrogen and oxygen atoms in total. The van der Waals surface area contributed by atoms with Crippen molar-refractivity contribution in [3.8, 4) is 11.8 Å². The molecule has 0 aliphatic rings. The summed E-state index contributed by atoms with van der Waals surface area (Å²) in [6, 6.07) is 21.0. The Balaban J connectivity index is 1.70. The number of ether oxygens (including phenoxy) is 3. The zero-order chi connectivity index (χ0) is 32.7. The van der Waals surface area contributed by atoms with Gasteiger partial charge in [0.15, 0.2) is 11.9 Å². The molecule has 0 atom stereocenters. The molecule has 0 aliphatic heterocycles. The summed E-state index contributed by atoms with van der Waals surface area (Å²) in [6.45, 7) is 4.68. The van der Waals surface area contributed by atoms with E-state index in [9.17, 15) is 14.4 Å². The van der Waals surface area contributed by atoms with Crippen LogP contribution in [0.3, 0.4) is 0 Å². The molecule has 0 saturated carbocycles. The zero-order valence-electron chi connectivity index (χ0n) is 25.1.